The second kappa shape index (κ2) is 10.4. The van der Waals surface area contributed by atoms with Crippen molar-refractivity contribution >= 4 is 86.1 Å². The minimum atomic E-state index is -4.25. The van der Waals surface area contributed by atoms with Crippen LogP contribution in [0, 0.1) is 6.92 Å². The van der Waals surface area contributed by atoms with Crippen molar-refractivity contribution in [1.29, 1.82) is 0 Å². The quantitative estimate of drug-likeness (QED) is 0.217. The van der Waals surface area contributed by atoms with Gasteiger partial charge in [0.05, 0.1) is 25.8 Å². The SMILES string of the molecule is Cc1ccc(S(=O)(=O)Oc2c(Cl)cc(/C=C3\C(=O)NC(=O)N(c4ccc(Cl)c(Cl)c4)C3=O)cc2Cl)cc1. The Labute approximate surface area is 231 Å². The molecule has 1 heterocycles. The Morgan fingerprint density at radius 2 is 1.46 bits per heavy atom. The van der Waals surface area contributed by atoms with Gasteiger partial charge in [-0.1, -0.05) is 64.1 Å². The highest BCUT2D eigenvalue weighted by Gasteiger charge is 2.37. The van der Waals surface area contributed by atoms with E-state index in [0.717, 1.165) is 11.6 Å². The van der Waals surface area contributed by atoms with E-state index in [-0.39, 0.29) is 42.0 Å². The van der Waals surface area contributed by atoms with Gasteiger partial charge in [-0.3, -0.25) is 14.9 Å². The zero-order valence-corrected chi connectivity index (χ0v) is 22.4. The van der Waals surface area contributed by atoms with Gasteiger partial charge in [-0.15, -0.1) is 0 Å². The van der Waals surface area contributed by atoms with Gasteiger partial charge < -0.3 is 4.18 Å². The molecule has 4 rings (SSSR count). The molecule has 0 saturated carbocycles. The number of nitrogens with one attached hydrogen (secondary N) is 1. The summed E-state index contributed by atoms with van der Waals surface area (Å²) >= 11 is 24.4. The lowest BCUT2D eigenvalue weighted by molar-refractivity contribution is -0.122. The van der Waals surface area contributed by atoms with Crippen LogP contribution in [-0.2, 0) is 19.7 Å². The minimum Gasteiger partial charge on any atom is -0.376 e. The van der Waals surface area contributed by atoms with Crippen LogP contribution in [0.15, 0.2) is 65.1 Å². The topological polar surface area (TPSA) is 110 Å². The molecule has 37 heavy (non-hydrogen) atoms. The maximum Gasteiger partial charge on any atom is 0.339 e. The Morgan fingerprint density at radius 3 is 2.05 bits per heavy atom. The number of benzene rings is 3. The van der Waals surface area contributed by atoms with Gasteiger partial charge in [0.1, 0.15) is 10.5 Å². The standard InChI is InChI=1S/C24H14Cl4N2O6S/c1-12-2-5-15(6-3-12)37(34,35)36-21-19(27)9-13(10-20(21)28)8-16-22(31)29-24(33)30(23(16)32)14-4-7-17(25)18(26)11-14/h2-11H,1H3,(H,29,31,33)/b16-8+. The Kier molecular flexibility index (Phi) is 7.55. The lowest BCUT2D eigenvalue weighted by Crippen LogP contribution is -2.54. The van der Waals surface area contributed by atoms with Crippen molar-refractivity contribution in [2.24, 2.45) is 0 Å². The van der Waals surface area contributed by atoms with E-state index in [0.29, 0.717) is 4.90 Å². The first-order chi connectivity index (χ1) is 17.4. The smallest absolute Gasteiger partial charge is 0.339 e. The summed E-state index contributed by atoms with van der Waals surface area (Å²) in [4.78, 5) is 38.5. The van der Waals surface area contributed by atoms with Gasteiger partial charge in [-0.05, 0) is 61.0 Å². The number of carbonyl (C=O) groups excluding carboxylic acids is 3. The first-order valence-corrected chi connectivity index (χ1v) is 13.2. The molecule has 1 aliphatic rings. The van der Waals surface area contributed by atoms with Gasteiger partial charge in [0.25, 0.3) is 11.8 Å². The van der Waals surface area contributed by atoms with Crippen LogP contribution in [0.1, 0.15) is 11.1 Å². The Hall–Kier alpha value is -3.08. The molecule has 3 aromatic carbocycles. The number of halogens is 4. The molecule has 1 aliphatic heterocycles. The number of hydrogen-bond donors (Lipinski definition) is 1. The fraction of sp³-hybridized carbons (Fsp3) is 0.0417. The van der Waals surface area contributed by atoms with Gasteiger partial charge in [0.2, 0.25) is 0 Å². The van der Waals surface area contributed by atoms with E-state index in [1.54, 1.807) is 19.1 Å². The van der Waals surface area contributed by atoms with Gasteiger partial charge in [0, 0.05) is 0 Å². The second-order valence-corrected chi connectivity index (χ2v) is 10.9. The number of imide groups is 2. The highest BCUT2D eigenvalue weighted by Crippen LogP contribution is 2.37. The van der Waals surface area contributed by atoms with Gasteiger partial charge in [-0.25, -0.2) is 9.69 Å². The molecule has 0 spiro atoms. The van der Waals surface area contributed by atoms with Crippen LogP contribution in [0.25, 0.3) is 6.08 Å². The first kappa shape index (κ1) is 27.0. The molecule has 0 aliphatic carbocycles. The Bertz CT molecular complexity index is 1580. The largest absolute Gasteiger partial charge is 0.376 e. The summed E-state index contributed by atoms with van der Waals surface area (Å²) in [5.74, 6) is -2.24. The van der Waals surface area contributed by atoms with Crippen LogP contribution in [0.5, 0.6) is 5.75 Å². The molecule has 1 saturated heterocycles. The molecule has 1 fully saturated rings. The summed E-state index contributed by atoms with van der Waals surface area (Å²) in [5.41, 5.74) is 0.681. The third-order valence-electron chi connectivity index (χ3n) is 5.10. The maximum atomic E-state index is 13.1. The normalized spacial score (nSPS) is 15.2. The van der Waals surface area contributed by atoms with Crippen molar-refractivity contribution in [1.82, 2.24) is 5.32 Å². The van der Waals surface area contributed by atoms with Crippen LogP contribution in [0.4, 0.5) is 10.5 Å². The third kappa shape index (κ3) is 5.61. The molecule has 0 radical (unpaired) electrons. The number of carbonyl (C=O) groups is 3. The van der Waals surface area contributed by atoms with Crippen molar-refractivity contribution in [3.8, 4) is 5.75 Å². The highest BCUT2D eigenvalue weighted by molar-refractivity contribution is 7.87. The van der Waals surface area contributed by atoms with Crippen LogP contribution >= 0.6 is 46.4 Å². The number of urea groups is 1. The highest BCUT2D eigenvalue weighted by atomic mass is 35.5. The van der Waals surface area contributed by atoms with Gasteiger partial charge in [0.15, 0.2) is 5.75 Å². The van der Waals surface area contributed by atoms with Crippen molar-refractivity contribution in [2.75, 3.05) is 4.90 Å². The lowest BCUT2D eigenvalue weighted by Gasteiger charge is -2.26. The first-order valence-electron chi connectivity index (χ1n) is 10.2. The van der Waals surface area contributed by atoms with Crippen molar-refractivity contribution in [3.63, 3.8) is 0 Å². The maximum absolute atomic E-state index is 13.1. The Balaban J connectivity index is 1.67. The van der Waals surface area contributed by atoms with E-state index in [4.69, 9.17) is 50.6 Å². The summed E-state index contributed by atoms with van der Waals surface area (Å²) < 4.78 is 30.4. The van der Waals surface area contributed by atoms with Crippen LogP contribution in [0.2, 0.25) is 20.1 Å². The fourth-order valence-corrected chi connectivity index (χ4v) is 5.22. The second-order valence-electron chi connectivity index (χ2n) is 7.72. The molecular formula is C24H14Cl4N2O6S. The molecule has 4 amide bonds. The molecule has 1 N–H and O–H groups in total. The molecule has 0 atom stereocenters. The fourth-order valence-electron chi connectivity index (χ4n) is 3.29. The number of amides is 4. The number of hydrogen-bond acceptors (Lipinski definition) is 6. The molecular weight excluding hydrogens is 586 g/mol. The average Bonchev–Trinajstić information content (AvgIpc) is 2.81. The van der Waals surface area contributed by atoms with E-state index < -0.39 is 33.5 Å². The minimum absolute atomic E-state index is 0.0800. The monoisotopic (exact) mass is 598 g/mol. The van der Waals surface area contributed by atoms with E-state index in [9.17, 15) is 22.8 Å². The zero-order chi connectivity index (χ0) is 27.1. The third-order valence-corrected chi connectivity index (χ3v) is 7.63. The molecule has 190 valence electrons. The summed E-state index contributed by atoms with van der Waals surface area (Å²) in [5, 5.41) is 1.97. The molecule has 13 heteroatoms. The molecule has 3 aromatic rings. The van der Waals surface area contributed by atoms with Gasteiger partial charge >= 0.3 is 16.1 Å². The number of rotatable bonds is 5. The van der Waals surface area contributed by atoms with Gasteiger partial charge in [-0.2, -0.15) is 8.42 Å². The molecule has 8 nitrogen and oxygen atoms in total. The van der Waals surface area contributed by atoms with Crippen molar-refractivity contribution in [3.05, 3.63) is 91.4 Å². The zero-order valence-electron chi connectivity index (χ0n) is 18.6. The van der Waals surface area contributed by atoms with Crippen molar-refractivity contribution in [2.45, 2.75) is 11.8 Å². The summed E-state index contributed by atoms with van der Waals surface area (Å²) in [6.45, 7) is 1.80. The number of nitrogens with zero attached hydrogens (tertiary/aromatic N) is 1. The summed E-state index contributed by atoms with van der Waals surface area (Å²) in [6, 6.07) is 11.5. The summed E-state index contributed by atoms with van der Waals surface area (Å²) in [6.07, 6.45) is 1.14. The van der Waals surface area contributed by atoms with Crippen molar-refractivity contribution < 1.29 is 27.0 Å². The predicted octanol–water partition coefficient (Wildman–Crippen LogP) is 6.04. The summed E-state index contributed by atoms with van der Waals surface area (Å²) in [7, 11) is -4.25. The van der Waals surface area contributed by atoms with Crippen LogP contribution in [0.3, 0.4) is 0 Å². The average molecular weight is 600 g/mol. The van der Waals surface area contributed by atoms with Crippen LogP contribution in [-0.4, -0.2) is 26.3 Å². The van der Waals surface area contributed by atoms with E-state index in [1.165, 1.54) is 42.5 Å². The van der Waals surface area contributed by atoms with Crippen LogP contribution < -0.4 is 14.4 Å². The predicted molar refractivity (Wildman–Crippen MR) is 141 cm³/mol. The Morgan fingerprint density at radius 1 is 0.838 bits per heavy atom. The molecule has 0 bridgehead atoms. The number of aryl methyl sites for hydroxylation is 1. The molecule has 0 aromatic heterocycles. The van der Waals surface area contributed by atoms with E-state index in [1.807, 2.05) is 0 Å². The molecule has 0 unspecified atom stereocenters. The van der Waals surface area contributed by atoms with E-state index in [2.05, 4.69) is 5.32 Å². The number of barbiturate groups is 1. The number of anilines is 1. The van der Waals surface area contributed by atoms with E-state index >= 15 is 0 Å². The lowest BCUT2D eigenvalue weighted by atomic mass is 10.1.